The predicted molar refractivity (Wildman–Crippen MR) is 156 cm³/mol. The van der Waals surface area contributed by atoms with E-state index in [4.69, 9.17) is 0 Å². The van der Waals surface area contributed by atoms with Crippen LogP contribution in [0.3, 0.4) is 0 Å². The number of carboxylic acids is 1. The monoisotopic (exact) mass is 561 g/mol. The lowest BCUT2D eigenvalue weighted by molar-refractivity contribution is -0.144. The van der Waals surface area contributed by atoms with Crippen LogP contribution >= 0.6 is 0 Å². The molecule has 0 aliphatic carbocycles. The first-order valence-electron chi connectivity index (χ1n) is 13.7. The normalized spacial score (nSPS) is 14.5. The van der Waals surface area contributed by atoms with E-state index >= 15 is 0 Å². The van der Waals surface area contributed by atoms with E-state index in [1.165, 1.54) is 0 Å². The first-order valence-corrected chi connectivity index (χ1v) is 13.7. The third kappa shape index (κ3) is 6.08. The third-order valence-electron chi connectivity index (χ3n) is 7.56. The van der Waals surface area contributed by atoms with Crippen molar-refractivity contribution in [3.63, 3.8) is 0 Å². The Bertz CT molecular complexity index is 1700. The summed E-state index contributed by atoms with van der Waals surface area (Å²) in [4.78, 5) is 71.7. The van der Waals surface area contributed by atoms with Crippen LogP contribution in [0.1, 0.15) is 45.7 Å². The number of carbonyl (C=O) groups excluding carboxylic acids is 2. The molecular formula is C30H35N5O6. The number of aliphatic carboxylic acids is 1. The number of fused-ring (bicyclic) bond motifs is 2. The van der Waals surface area contributed by atoms with E-state index in [0.717, 1.165) is 15.5 Å². The van der Waals surface area contributed by atoms with Crippen molar-refractivity contribution in [2.45, 2.75) is 58.7 Å². The standard InChI is InChI=1S/C30H35N5O6/c1-5-17(4)25(29(39)40)34-27(37)24(16(2)3)33-26(36)23(14-18-15-31-21-12-8-6-10-19(18)21)35-28(38)20-11-7-9-13-22(20)32-30(35)41/h6-13,15-17,23-25,31H,5,14H2,1-4H3,(H,32,41)(H,33,36)(H,34,37)(H,39,40)/t17-,23+,24+,25+/m1/s1. The number of para-hydroxylation sites is 2. The molecule has 0 aliphatic heterocycles. The van der Waals surface area contributed by atoms with Gasteiger partial charge in [0.25, 0.3) is 5.56 Å². The van der Waals surface area contributed by atoms with E-state index in [1.54, 1.807) is 51.2 Å². The topological polar surface area (TPSA) is 166 Å². The Kier molecular flexibility index (Phi) is 8.75. The van der Waals surface area contributed by atoms with Crippen molar-refractivity contribution >= 4 is 39.6 Å². The highest BCUT2D eigenvalue weighted by atomic mass is 16.4. The number of carboxylic acid groups (broad SMARTS) is 1. The van der Waals surface area contributed by atoms with Gasteiger partial charge in [-0.25, -0.2) is 14.2 Å². The number of rotatable bonds is 11. The molecule has 216 valence electrons. The average Bonchev–Trinajstić information content (AvgIpc) is 3.35. The van der Waals surface area contributed by atoms with Crippen molar-refractivity contribution in [2.24, 2.45) is 11.8 Å². The fraction of sp³-hybridized carbons (Fsp3) is 0.367. The molecule has 4 atom stereocenters. The number of hydrogen-bond donors (Lipinski definition) is 5. The molecule has 2 amide bonds. The summed E-state index contributed by atoms with van der Waals surface area (Å²) in [5, 5.41) is 16.0. The number of hydrogen-bond acceptors (Lipinski definition) is 5. The van der Waals surface area contributed by atoms with Crippen molar-refractivity contribution < 1.29 is 19.5 Å². The molecule has 0 bridgehead atoms. The van der Waals surface area contributed by atoms with E-state index in [9.17, 15) is 29.1 Å². The minimum atomic E-state index is -1.31. The largest absolute Gasteiger partial charge is 0.480 e. The number of H-pyrrole nitrogens is 2. The maximum Gasteiger partial charge on any atom is 0.329 e. The Morgan fingerprint density at radius 1 is 0.878 bits per heavy atom. The van der Waals surface area contributed by atoms with E-state index < -0.39 is 53.1 Å². The lowest BCUT2D eigenvalue weighted by Crippen LogP contribution is -2.57. The fourth-order valence-corrected chi connectivity index (χ4v) is 4.98. The SMILES string of the molecule is CC[C@@H](C)[C@H](NC(=O)[C@@H](NC(=O)[C@H](Cc1c[nH]c2ccccc12)n1c(=O)[nH]c2ccccc2c1=O)C(C)C)C(=O)O. The summed E-state index contributed by atoms with van der Waals surface area (Å²) in [5.74, 6) is -3.32. The van der Waals surface area contributed by atoms with E-state index in [2.05, 4.69) is 20.6 Å². The Hall–Kier alpha value is -4.67. The number of aromatic nitrogens is 3. The van der Waals surface area contributed by atoms with Gasteiger partial charge in [-0.1, -0.05) is 64.4 Å². The van der Waals surface area contributed by atoms with Crippen LogP contribution in [0.15, 0.2) is 64.3 Å². The zero-order valence-corrected chi connectivity index (χ0v) is 23.4. The van der Waals surface area contributed by atoms with E-state index in [-0.39, 0.29) is 17.7 Å². The van der Waals surface area contributed by atoms with Gasteiger partial charge in [0.1, 0.15) is 18.1 Å². The Morgan fingerprint density at radius 3 is 2.12 bits per heavy atom. The van der Waals surface area contributed by atoms with Crippen molar-refractivity contribution in [3.8, 4) is 0 Å². The molecule has 4 rings (SSSR count). The van der Waals surface area contributed by atoms with Gasteiger partial charge < -0.3 is 25.7 Å². The van der Waals surface area contributed by atoms with Crippen LogP contribution in [0.25, 0.3) is 21.8 Å². The van der Waals surface area contributed by atoms with Crippen LogP contribution in [0.5, 0.6) is 0 Å². The predicted octanol–water partition coefficient (Wildman–Crippen LogP) is 2.71. The summed E-state index contributed by atoms with van der Waals surface area (Å²) in [6.07, 6.45) is 2.23. The lowest BCUT2D eigenvalue weighted by atomic mass is 9.97. The summed E-state index contributed by atoms with van der Waals surface area (Å²) >= 11 is 0. The molecule has 2 aromatic carbocycles. The number of carbonyl (C=O) groups is 3. The summed E-state index contributed by atoms with van der Waals surface area (Å²) in [7, 11) is 0. The summed E-state index contributed by atoms with van der Waals surface area (Å²) in [5.41, 5.74) is 0.466. The number of aromatic amines is 2. The minimum Gasteiger partial charge on any atom is -0.480 e. The molecule has 41 heavy (non-hydrogen) atoms. The van der Waals surface area contributed by atoms with Crippen molar-refractivity contribution in [3.05, 3.63) is 81.1 Å². The molecule has 11 nitrogen and oxygen atoms in total. The molecule has 0 fully saturated rings. The smallest absolute Gasteiger partial charge is 0.329 e. The van der Waals surface area contributed by atoms with Crippen LogP contribution in [0.4, 0.5) is 0 Å². The maximum absolute atomic E-state index is 13.9. The van der Waals surface area contributed by atoms with Crippen molar-refractivity contribution in [2.75, 3.05) is 0 Å². The average molecular weight is 562 g/mol. The number of nitrogens with zero attached hydrogens (tertiary/aromatic N) is 1. The number of benzene rings is 2. The zero-order valence-electron chi connectivity index (χ0n) is 23.4. The molecule has 0 saturated heterocycles. The van der Waals surface area contributed by atoms with E-state index in [1.807, 2.05) is 31.2 Å². The quantitative estimate of drug-likeness (QED) is 0.189. The summed E-state index contributed by atoms with van der Waals surface area (Å²) in [6.45, 7) is 6.97. The molecule has 2 heterocycles. The highest BCUT2D eigenvalue weighted by Crippen LogP contribution is 2.23. The second-order valence-electron chi connectivity index (χ2n) is 10.7. The van der Waals surface area contributed by atoms with Gasteiger partial charge in [0.05, 0.1) is 10.9 Å². The second kappa shape index (κ2) is 12.2. The molecule has 2 aromatic heterocycles. The van der Waals surface area contributed by atoms with Crippen molar-refractivity contribution in [1.82, 2.24) is 25.2 Å². The highest BCUT2D eigenvalue weighted by molar-refractivity contribution is 5.92. The molecule has 4 aromatic rings. The van der Waals surface area contributed by atoms with Crippen LogP contribution in [-0.4, -0.2) is 49.5 Å². The van der Waals surface area contributed by atoms with Crippen LogP contribution in [-0.2, 0) is 20.8 Å². The van der Waals surface area contributed by atoms with Gasteiger partial charge in [0, 0.05) is 23.5 Å². The second-order valence-corrected chi connectivity index (χ2v) is 10.7. The van der Waals surface area contributed by atoms with Crippen LogP contribution < -0.4 is 21.9 Å². The maximum atomic E-state index is 13.9. The molecular weight excluding hydrogens is 526 g/mol. The molecule has 0 radical (unpaired) electrons. The van der Waals surface area contributed by atoms with Crippen LogP contribution in [0, 0.1) is 11.8 Å². The van der Waals surface area contributed by atoms with Crippen molar-refractivity contribution in [1.29, 1.82) is 0 Å². The Labute approximate surface area is 236 Å². The highest BCUT2D eigenvalue weighted by Gasteiger charge is 2.34. The summed E-state index contributed by atoms with van der Waals surface area (Å²) in [6, 6.07) is 10.4. The van der Waals surface area contributed by atoms with Gasteiger partial charge in [-0.05, 0) is 35.6 Å². The molecule has 0 unspecified atom stereocenters. The molecule has 0 spiro atoms. The number of amides is 2. The van der Waals surface area contributed by atoms with E-state index in [0.29, 0.717) is 17.5 Å². The van der Waals surface area contributed by atoms with Gasteiger partial charge in [0.15, 0.2) is 0 Å². The molecule has 0 aliphatic rings. The van der Waals surface area contributed by atoms with Gasteiger partial charge in [-0.15, -0.1) is 0 Å². The van der Waals surface area contributed by atoms with Crippen LogP contribution in [0.2, 0.25) is 0 Å². The zero-order chi connectivity index (χ0) is 29.8. The Balaban J connectivity index is 1.75. The summed E-state index contributed by atoms with van der Waals surface area (Å²) < 4.78 is 0.883. The minimum absolute atomic E-state index is 0.0196. The first kappa shape index (κ1) is 29.3. The fourth-order valence-electron chi connectivity index (χ4n) is 4.98. The third-order valence-corrected chi connectivity index (χ3v) is 7.56. The van der Waals surface area contributed by atoms with Gasteiger partial charge in [-0.3, -0.25) is 14.4 Å². The Morgan fingerprint density at radius 2 is 1.49 bits per heavy atom. The lowest BCUT2D eigenvalue weighted by Gasteiger charge is -2.28. The van der Waals surface area contributed by atoms with Gasteiger partial charge in [0.2, 0.25) is 11.8 Å². The number of nitrogens with one attached hydrogen (secondary N) is 4. The first-order chi connectivity index (χ1) is 19.5. The molecule has 5 N–H and O–H groups in total. The molecule has 0 saturated carbocycles. The van der Waals surface area contributed by atoms with Gasteiger partial charge >= 0.3 is 11.7 Å². The molecule has 11 heteroatoms. The van der Waals surface area contributed by atoms with Gasteiger partial charge in [-0.2, -0.15) is 0 Å².